The van der Waals surface area contributed by atoms with Gasteiger partial charge in [-0.1, -0.05) is 5.16 Å². The Kier molecular flexibility index (Phi) is 4.92. The van der Waals surface area contributed by atoms with Crippen LogP contribution in [0.15, 0.2) is 22.7 Å². The van der Waals surface area contributed by atoms with Crippen LogP contribution >= 0.6 is 0 Å². The van der Waals surface area contributed by atoms with E-state index in [1.165, 1.54) is 6.07 Å². The number of anilines is 4. The molecule has 4 heterocycles. The fourth-order valence-electron chi connectivity index (χ4n) is 5.45. The van der Waals surface area contributed by atoms with Crippen molar-refractivity contribution < 1.29 is 13.3 Å². The SMILES string of the molecule is Cc1noc(N2CC3CC[C@@H](C2)C3Nc2nc3n(n2)CCCCN3c2ccc(F)c(F)c2)n1. The Morgan fingerprint density at radius 1 is 1.03 bits per heavy atom. The third-order valence-corrected chi connectivity index (χ3v) is 7.03. The predicted molar refractivity (Wildman–Crippen MR) is 117 cm³/mol. The molecule has 3 aromatic rings. The van der Waals surface area contributed by atoms with Crippen molar-refractivity contribution in [3.8, 4) is 0 Å². The molecule has 0 spiro atoms. The first kappa shape index (κ1) is 20.4. The number of hydrogen-bond donors (Lipinski definition) is 1. The second kappa shape index (κ2) is 7.96. The second-order valence-electron chi connectivity index (χ2n) is 9.21. The third kappa shape index (κ3) is 3.68. The number of aromatic nitrogens is 5. The molecule has 1 aliphatic carbocycles. The highest BCUT2D eigenvalue weighted by molar-refractivity contribution is 5.59. The summed E-state index contributed by atoms with van der Waals surface area (Å²) in [5, 5.41) is 12.2. The maximum atomic E-state index is 13.9. The van der Waals surface area contributed by atoms with Gasteiger partial charge in [-0.15, -0.1) is 5.10 Å². The minimum absolute atomic E-state index is 0.272. The highest BCUT2D eigenvalue weighted by Crippen LogP contribution is 2.40. The van der Waals surface area contributed by atoms with Crippen molar-refractivity contribution >= 4 is 23.6 Å². The van der Waals surface area contributed by atoms with Gasteiger partial charge in [0.1, 0.15) is 0 Å². The summed E-state index contributed by atoms with van der Waals surface area (Å²) >= 11 is 0. The van der Waals surface area contributed by atoms with Gasteiger partial charge in [-0.25, -0.2) is 13.5 Å². The van der Waals surface area contributed by atoms with E-state index in [4.69, 9.17) is 14.6 Å². The number of nitrogens with one attached hydrogen (secondary N) is 1. The lowest BCUT2D eigenvalue weighted by molar-refractivity contribution is 0.340. The van der Waals surface area contributed by atoms with Crippen molar-refractivity contribution in [1.29, 1.82) is 0 Å². The molecule has 0 amide bonds. The quantitative estimate of drug-likeness (QED) is 0.638. The number of hydrogen-bond acceptors (Lipinski definition) is 8. The monoisotopic (exact) mass is 456 g/mol. The lowest BCUT2D eigenvalue weighted by atomic mass is 9.92. The Morgan fingerprint density at radius 2 is 1.82 bits per heavy atom. The van der Waals surface area contributed by atoms with Crippen molar-refractivity contribution in [2.24, 2.45) is 11.8 Å². The summed E-state index contributed by atoms with van der Waals surface area (Å²) in [6, 6.07) is 4.84. The molecular formula is C22H26F2N8O. The van der Waals surface area contributed by atoms with Gasteiger partial charge in [0, 0.05) is 44.0 Å². The molecule has 9 nitrogen and oxygen atoms in total. The highest BCUT2D eigenvalue weighted by atomic mass is 19.2. The van der Waals surface area contributed by atoms with E-state index in [9.17, 15) is 8.78 Å². The molecule has 3 atom stereocenters. The van der Waals surface area contributed by atoms with Crippen LogP contribution in [0.5, 0.6) is 0 Å². The van der Waals surface area contributed by atoms with E-state index < -0.39 is 11.6 Å². The molecule has 6 rings (SSSR count). The summed E-state index contributed by atoms with van der Waals surface area (Å²) in [6.45, 7) is 4.95. The summed E-state index contributed by atoms with van der Waals surface area (Å²) in [4.78, 5) is 13.3. The fourth-order valence-corrected chi connectivity index (χ4v) is 5.45. The first-order valence-corrected chi connectivity index (χ1v) is 11.5. The minimum atomic E-state index is -0.860. The van der Waals surface area contributed by atoms with Gasteiger partial charge in [-0.3, -0.25) is 0 Å². The van der Waals surface area contributed by atoms with Gasteiger partial charge < -0.3 is 19.6 Å². The van der Waals surface area contributed by atoms with Crippen molar-refractivity contribution in [3.63, 3.8) is 0 Å². The summed E-state index contributed by atoms with van der Waals surface area (Å²) in [5.41, 5.74) is 0.583. The number of piperidine rings is 1. The van der Waals surface area contributed by atoms with Crippen LogP contribution in [0.2, 0.25) is 0 Å². The number of nitrogens with zero attached hydrogens (tertiary/aromatic N) is 7. The first-order chi connectivity index (χ1) is 16.0. The Bertz CT molecular complexity index is 1150. The average molecular weight is 457 g/mol. The van der Waals surface area contributed by atoms with Crippen molar-refractivity contribution in [3.05, 3.63) is 35.7 Å². The van der Waals surface area contributed by atoms with Gasteiger partial charge >= 0.3 is 6.01 Å². The normalized spacial score (nSPS) is 24.6. The van der Waals surface area contributed by atoms with Crippen molar-refractivity contribution in [1.82, 2.24) is 24.9 Å². The first-order valence-electron chi connectivity index (χ1n) is 11.5. The van der Waals surface area contributed by atoms with E-state index in [1.54, 1.807) is 6.07 Å². The zero-order valence-electron chi connectivity index (χ0n) is 18.4. The van der Waals surface area contributed by atoms with E-state index in [2.05, 4.69) is 20.4 Å². The maximum Gasteiger partial charge on any atom is 0.324 e. The molecule has 33 heavy (non-hydrogen) atoms. The molecule has 2 bridgehead atoms. The highest BCUT2D eigenvalue weighted by Gasteiger charge is 2.44. The molecular weight excluding hydrogens is 430 g/mol. The summed E-state index contributed by atoms with van der Waals surface area (Å²) < 4.78 is 34.6. The second-order valence-corrected chi connectivity index (χ2v) is 9.21. The smallest absolute Gasteiger partial charge is 0.324 e. The Morgan fingerprint density at radius 3 is 2.55 bits per heavy atom. The topological polar surface area (TPSA) is 88.1 Å². The van der Waals surface area contributed by atoms with Crippen molar-refractivity contribution in [2.75, 3.05) is 34.8 Å². The van der Waals surface area contributed by atoms with Crippen LogP contribution < -0.4 is 15.1 Å². The Hall–Kier alpha value is -3.24. The van der Waals surface area contributed by atoms with E-state index in [-0.39, 0.29) is 6.04 Å². The van der Waals surface area contributed by atoms with Gasteiger partial charge in [0.2, 0.25) is 11.9 Å². The van der Waals surface area contributed by atoms with E-state index >= 15 is 0 Å². The Balaban J connectivity index is 1.22. The van der Waals surface area contributed by atoms with Crippen molar-refractivity contribution in [2.45, 2.75) is 45.2 Å². The molecule has 11 heteroatoms. The lowest BCUT2D eigenvalue weighted by Crippen LogP contribution is -2.48. The van der Waals surface area contributed by atoms with Gasteiger partial charge in [0.15, 0.2) is 17.5 Å². The molecule has 174 valence electrons. The van der Waals surface area contributed by atoms with Gasteiger partial charge in [-0.2, -0.15) is 9.97 Å². The van der Waals surface area contributed by atoms with Gasteiger partial charge in [-0.05, 0) is 56.6 Å². The molecule has 2 aromatic heterocycles. The average Bonchev–Trinajstić information content (AvgIpc) is 3.42. The van der Waals surface area contributed by atoms with Crippen LogP contribution in [0.1, 0.15) is 31.5 Å². The molecule has 2 aliphatic heterocycles. The molecule has 1 aromatic carbocycles. The standard InChI is InChI=1S/C22H26F2N8O/c1-13-25-22(33-29-13)30-11-14-4-5-15(12-30)19(14)26-20-27-21-31(8-2-3-9-32(21)28-20)16-6-7-17(23)18(24)10-16/h6-7,10,14-15,19H,2-5,8-9,11-12H2,1H3,(H,26,28)/t14-,15?,19?/m0/s1. The number of halogens is 2. The lowest BCUT2D eigenvalue weighted by Gasteiger charge is -2.37. The number of aryl methyl sites for hydroxylation is 2. The van der Waals surface area contributed by atoms with E-state index in [1.807, 2.05) is 16.5 Å². The predicted octanol–water partition coefficient (Wildman–Crippen LogP) is 3.51. The van der Waals surface area contributed by atoms with Crippen LogP contribution in [0.4, 0.5) is 32.4 Å². The van der Waals surface area contributed by atoms with Gasteiger partial charge in [0.05, 0.1) is 0 Å². The largest absolute Gasteiger partial charge is 0.349 e. The molecule has 2 fully saturated rings. The third-order valence-electron chi connectivity index (χ3n) is 7.03. The molecule has 3 aliphatic rings. The van der Waals surface area contributed by atoms with E-state index in [0.29, 0.717) is 47.8 Å². The van der Waals surface area contributed by atoms with Crippen LogP contribution in [0.25, 0.3) is 0 Å². The molecule has 0 radical (unpaired) electrons. The summed E-state index contributed by atoms with van der Waals surface area (Å²) in [6.07, 6.45) is 4.12. The summed E-state index contributed by atoms with van der Waals surface area (Å²) in [7, 11) is 0. The number of benzene rings is 1. The molecule has 1 saturated carbocycles. The van der Waals surface area contributed by atoms with Crippen LogP contribution in [0, 0.1) is 30.4 Å². The number of fused-ring (bicyclic) bond motifs is 3. The number of rotatable bonds is 4. The van der Waals surface area contributed by atoms with E-state index in [0.717, 1.165) is 51.4 Å². The van der Waals surface area contributed by atoms with Gasteiger partial charge in [0.25, 0.3) is 0 Å². The maximum absolute atomic E-state index is 13.9. The fraction of sp³-hybridized carbons (Fsp3) is 0.545. The zero-order valence-corrected chi connectivity index (χ0v) is 18.4. The van der Waals surface area contributed by atoms with Crippen LogP contribution in [-0.2, 0) is 6.54 Å². The van der Waals surface area contributed by atoms with Crippen LogP contribution in [-0.4, -0.2) is 50.6 Å². The minimum Gasteiger partial charge on any atom is -0.349 e. The molecule has 1 N–H and O–H groups in total. The Labute approximate surface area is 189 Å². The zero-order chi connectivity index (χ0) is 22.5. The molecule has 2 unspecified atom stereocenters. The summed E-state index contributed by atoms with van der Waals surface area (Å²) in [5.74, 6) is 1.04. The van der Waals surface area contributed by atoms with Crippen LogP contribution in [0.3, 0.4) is 0 Å². The molecule has 1 saturated heterocycles.